The van der Waals surface area contributed by atoms with E-state index in [9.17, 15) is 4.79 Å². The average molecular weight is 398 g/mol. The number of carbonyl (C=O) groups is 1. The Bertz CT molecular complexity index is 453. The monoisotopic (exact) mass is 397 g/mol. The van der Waals surface area contributed by atoms with E-state index < -0.39 is 0 Å². The van der Waals surface area contributed by atoms with Crippen LogP contribution < -0.4 is 5.32 Å². The van der Waals surface area contributed by atoms with Crippen LogP contribution in [0.1, 0.15) is 29.6 Å². The van der Waals surface area contributed by atoms with Crippen LogP contribution in [0.3, 0.4) is 0 Å². The SMILES string of the molecule is O=C(NC1CCCC1CCl)c1ccc(I)c(Cl)c1. The predicted octanol–water partition coefficient (Wildman–Crippen LogP) is 4.08. The highest BCUT2D eigenvalue weighted by Gasteiger charge is 2.28. The largest absolute Gasteiger partial charge is 0.349 e. The van der Waals surface area contributed by atoms with Crippen LogP contribution in [0.5, 0.6) is 0 Å². The van der Waals surface area contributed by atoms with Gasteiger partial charge in [0, 0.05) is 21.1 Å². The maximum atomic E-state index is 12.1. The van der Waals surface area contributed by atoms with Gasteiger partial charge in [0.2, 0.25) is 0 Å². The molecule has 0 heterocycles. The highest BCUT2D eigenvalue weighted by atomic mass is 127. The molecule has 1 saturated carbocycles. The molecule has 0 radical (unpaired) electrons. The lowest BCUT2D eigenvalue weighted by atomic mass is 10.1. The van der Waals surface area contributed by atoms with E-state index in [1.54, 1.807) is 12.1 Å². The molecule has 18 heavy (non-hydrogen) atoms. The lowest BCUT2D eigenvalue weighted by molar-refractivity contribution is 0.0930. The van der Waals surface area contributed by atoms with E-state index in [-0.39, 0.29) is 11.9 Å². The standard InChI is InChI=1S/C13H14Cl2INO/c14-7-9-2-1-3-12(9)17-13(18)8-4-5-11(16)10(15)6-8/h4-6,9,12H,1-3,7H2,(H,17,18). The Labute approximate surface area is 131 Å². The normalized spacial score (nSPS) is 23.1. The van der Waals surface area contributed by atoms with Crippen molar-refractivity contribution in [3.05, 3.63) is 32.4 Å². The predicted molar refractivity (Wildman–Crippen MR) is 83.5 cm³/mol. The molecule has 2 atom stereocenters. The molecule has 98 valence electrons. The number of alkyl halides is 1. The minimum Gasteiger partial charge on any atom is -0.349 e. The van der Waals surface area contributed by atoms with Crippen LogP contribution >= 0.6 is 45.8 Å². The number of benzene rings is 1. The van der Waals surface area contributed by atoms with Crippen molar-refractivity contribution in [3.8, 4) is 0 Å². The Morgan fingerprint density at radius 3 is 2.89 bits per heavy atom. The molecule has 1 amide bonds. The second kappa shape index (κ2) is 6.44. The van der Waals surface area contributed by atoms with Crippen molar-refractivity contribution < 1.29 is 4.79 Å². The van der Waals surface area contributed by atoms with Gasteiger partial charge in [-0.25, -0.2) is 0 Å². The van der Waals surface area contributed by atoms with Gasteiger partial charge in [-0.3, -0.25) is 4.79 Å². The van der Waals surface area contributed by atoms with Crippen molar-refractivity contribution in [1.82, 2.24) is 5.32 Å². The van der Waals surface area contributed by atoms with Gasteiger partial charge in [-0.05, 0) is 59.5 Å². The molecule has 1 N–H and O–H groups in total. The molecule has 5 heteroatoms. The molecule has 1 aliphatic rings. The van der Waals surface area contributed by atoms with Crippen molar-refractivity contribution in [2.24, 2.45) is 5.92 Å². The van der Waals surface area contributed by atoms with E-state index >= 15 is 0 Å². The fourth-order valence-electron chi connectivity index (χ4n) is 2.30. The Morgan fingerprint density at radius 1 is 1.44 bits per heavy atom. The summed E-state index contributed by atoms with van der Waals surface area (Å²) in [6, 6.07) is 5.57. The lowest BCUT2D eigenvalue weighted by Crippen LogP contribution is -2.37. The summed E-state index contributed by atoms with van der Waals surface area (Å²) in [5, 5.41) is 3.67. The van der Waals surface area contributed by atoms with E-state index in [4.69, 9.17) is 23.2 Å². The molecule has 0 aromatic heterocycles. The minimum absolute atomic E-state index is 0.0599. The zero-order valence-corrected chi connectivity index (χ0v) is 13.4. The molecule has 2 nitrogen and oxygen atoms in total. The number of nitrogens with one attached hydrogen (secondary N) is 1. The van der Waals surface area contributed by atoms with Crippen LogP contribution in [0.15, 0.2) is 18.2 Å². The van der Waals surface area contributed by atoms with Gasteiger partial charge in [-0.2, -0.15) is 0 Å². The third kappa shape index (κ3) is 3.31. The van der Waals surface area contributed by atoms with Crippen molar-refractivity contribution in [2.75, 3.05) is 5.88 Å². The maximum Gasteiger partial charge on any atom is 0.251 e. The molecule has 2 unspecified atom stereocenters. The molecule has 0 bridgehead atoms. The summed E-state index contributed by atoms with van der Waals surface area (Å²) in [6.45, 7) is 0. The fourth-order valence-corrected chi connectivity index (χ4v) is 3.19. The summed E-state index contributed by atoms with van der Waals surface area (Å²) in [6.07, 6.45) is 3.25. The van der Waals surface area contributed by atoms with Crippen LogP contribution in [-0.2, 0) is 0 Å². The first-order valence-electron chi connectivity index (χ1n) is 5.93. The highest BCUT2D eigenvalue weighted by molar-refractivity contribution is 14.1. The zero-order chi connectivity index (χ0) is 13.1. The first-order valence-corrected chi connectivity index (χ1v) is 7.93. The number of carbonyl (C=O) groups excluding carboxylic acids is 1. The second-order valence-corrected chi connectivity index (χ2v) is 6.43. The van der Waals surface area contributed by atoms with Gasteiger partial charge < -0.3 is 5.32 Å². The summed E-state index contributed by atoms with van der Waals surface area (Å²) in [7, 11) is 0. The third-order valence-corrected chi connectivity index (χ3v) is 5.32. The molecule has 0 spiro atoms. The van der Waals surface area contributed by atoms with E-state index in [0.717, 1.165) is 22.8 Å². The lowest BCUT2D eigenvalue weighted by Gasteiger charge is -2.19. The van der Waals surface area contributed by atoms with Crippen LogP contribution in [0, 0.1) is 9.49 Å². The van der Waals surface area contributed by atoms with Crippen molar-refractivity contribution >= 4 is 51.7 Å². The summed E-state index contributed by atoms with van der Waals surface area (Å²) in [5.41, 5.74) is 0.612. The van der Waals surface area contributed by atoms with E-state index in [1.807, 2.05) is 6.07 Å². The van der Waals surface area contributed by atoms with Gasteiger partial charge in [0.1, 0.15) is 0 Å². The van der Waals surface area contributed by atoms with Gasteiger partial charge in [0.15, 0.2) is 0 Å². The second-order valence-electron chi connectivity index (χ2n) is 4.55. The average Bonchev–Trinajstić information content (AvgIpc) is 2.79. The number of hydrogen-bond acceptors (Lipinski definition) is 1. The first kappa shape index (κ1) is 14.4. The first-order chi connectivity index (χ1) is 8.61. The molecule has 1 aliphatic carbocycles. The summed E-state index contributed by atoms with van der Waals surface area (Å²) in [5.74, 6) is 0.948. The highest BCUT2D eigenvalue weighted by Crippen LogP contribution is 2.27. The van der Waals surface area contributed by atoms with Gasteiger partial charge in [0.25, 0.3) is 5.91 Å². The van der Waals surface area contributed by atoms with E-state index in [0.29, 0.717) is 22.4 Å². The summed E-state index contributed by atoms with van der Waals surface area (Å²) >= 11 is 14.1. The topological polar surface area (TPSA) is 29.1 Å². The Balaban J connectivity index is 2.05. The van der Waals surface area contributed by atoms with E-state index in [2.05, 4.69) is 27.9 Å². The number of rotatable bonds is 3. The molecule has 1 aromatic carbocycles. The van der Waals surface area contributed by atoms with Crippen molar-refractivity contribution in [3.63, 3.8) is 0 Å². The minimum atomic E-state index is -0.0599. The number of hydrogen-bond donors (Lipinski definition) is 1. The third-order valence-electron chi connectivity index (χ3n) is 3.36. The van der Waals surface area contributed by atoms with Crippen molar-refractivity contribution in [2.45, 2.75) is 25.3 Å². The number of amides is 1. The molecule has 0 aliphatic heterocycles. The molecule has 2 rings (SSSR count). The Kier molecular flexibility index (Phi) is 5.15. The van der Waals surface area contributed by atoms with Gasteiger partial charge in [0.05, 0.1) is 5.02 Å². The smallest absolute Gasteiger partial charge is 0.251 e. The van der Waals surface area contributed by atoms with Crippen molar-refractivity contribution in [1.29, 1.82) is 0 Å². The van der Waals surface area contributed by atoms with E-state index in [1.165, 1.54) is 0 Å². The molecular formula is C13H14Cl2INO. The Hall–Kier alpha value is -0.0000000000000000555. The van der Waals surface area contributed by atoms with Crippen LogP contribution in [0.25, 0.3) is 0 Å². The van der Waals surface area contributed by atoms with Crippen LogP contribution in [0.4, 0.5) is 0 Å². The molecule has 1 fully saturated rings. The van der Waals surface area contributed by atoms with Crippen LogP contribution in [-0.4, -0.2) is 17.8 Å². The summed E-state index contributed by atoms with van der Waals surface area (Å²) < 4.78 is 0.949. The Morgan fingerprint density at radius 2 is 2.22 bits per heavy atom. The molecule has 0 saturated heterocycles. The number of halogens is 3. The quantitative estimate of drug-likeness (QED) is 0.604. The molecule has 1 aromatic rings. The van der Waals surface area contributed by atoms with Gasteiger partial charge in [-0.1, -0.05) is 18.0 Å². The maximum absolute atomic E-state index is 12.1. The summed E-state index contributed by atoms with van der Waals surface area (Å²) in [4.78, 5) is 12.1. The zero-order valence-electron chi connectivity index (χ0n) is 9.76. The van der Waals surface area contributed by atoms with Gasteiger partial charge in [-0.15, -0.1) is 11.6 Å². The fraction of sp³-hybridized carbons (Fsp3) is 0.462. The van der Waals surface area contributed by atoms with Crippen LogP contribution in [0.2, 0.25) is 5.02 Å². The molecular weight excluding hydrogens is 384 g/mol. The van der Waals surface area contributed by atoms with Gasteiger partial charge >= 0.3 is 0 Å².